The number of cyclic esters (lactones) is 1. The summed E-state index contributed by atoms with van der Waals surface area (Å²) in [6, 6.07) is 7.01. The lowest BCUT2D eigenvalue weighted by molar-refractivity contribution is 0.143. The lowest BCUT2D eigenvalue weighted by atomic mass is 10.2. The highest BCUT2D eigenvalue weighted by molar-refractivity contribution is 7.87. The van der Waals surface area contributed by atoms with Crippen LogP contribution in [0.2, 0.25) is 0 Å². The Kier molecular flexibility index (Phi) is 4.89. The molecule has 1 heterocycles. The van der Waals surface area contributed by atoms with Crippen LogP contribution in [0.15, 0.2) is 24.3 Å². The summed E-state index contributed by atoms with van der Waals surface area (Å²) in [6.45, 7) is 0.286. The molecule has 0 bridgehead atoms. The van der Waals surface area contributed by atoms with Crippen molar-refractivity contribution in [2.75, 3.05) is 39.2 Å². The van der Waals surface area contributed by atoms with Gasteiger partial charge in [0.1, 0.15) is 11.9 Å². The normalized spacial score (nSPS) is 18.6. The summed E-state index contributed by atoms with van der Waals surface area (Å²) in [7, 11) is 0.844. The fraction of sp³-hybridized carbons (Fsp3) is 0.462. The van der Waals surface area contributed by atoms with Gasteiger partial charge in [-0.1, -0.05) is 6.07 Å². The minimum Gasteiger partial charge on any atom is -0.497 e. The third kappa shape index (κ3) is 3.67. The van der Waals surface area contributed by atoms with E-state index in [1.54, 1.807) is 31.4 Å². The van der Waals surface area contributed by atoms with Gasteiger partial charge in [-0.15, -0.1) is 0 Å². The van der Waals surface area contributed by atoms with Crippen LogP contribution in [0.25, 0.3) is 0 Å². The Hall–Kier alpha value is -1.84. The summed E-state index contributed by atoms with van der Waals surface area (Å²) in [4.78, 5) is 13.4. The van der Waals surface area contributed by atoms with Crippen molar-refractivity contribution in [2.45, 2.75) is 6.10 Å². The molecule has 0 aliphatic carbocycles. The van der Waals surface area contributed by atoms with E-state index >= 15 is 0 Å². The summed E-state index contributed by atoms with van der Waals surface area (Å²) >= 11 is 0. The topological polar surface area (TPSA) is 88.2 Å². The number of amides is 1. The molecule has 9 heteroatoms. The van der Waals surface area contributed by atoms with Gasteiger partial charge in [-0.3, -0.25) is 4.90 Å². The van der Waals surface area contributed by atoms with E-state index in [0.29, 0.717) is 11.4 Å². The van der Waals surface area contributed by atoms with Crippen molar-refractivity contribution < 1.29 is 22.7 Å². The van der Waals surface area contributed by atoms with Gasteiger partial charge in [0.2, 0.25) is 0 Å². The molecular formula is C13H19N3O5S. The maximum Gasteiger partial charge on any atom is 0.414 e. The van der Waals surface area contributed by atoms with Gasteiger partial charge in [0, 0.05) is 20.2 Å². The zero-order chi connectivity index (χ0) is 16.3. The van der Waals surface area contributed by atoms with Crippen molar-refractivity contribution in [3.05, 3.63) is 24.3 Å². The van der Waals surface area contributed by atoms with E-state index in [2.05, 4.69) is 4.72 Å². The quantitative estimate of drug-likeness (QED) is 0.817. The van der Waals surface area contributed by atoms with Crippen molar-refractivity contribution in [2.24, 2.45) is 0 Å². The second-order valence-electron chi connectivity index (χ2n) is 4.95. The second-order valence-corrected chi connectivity index (χ2v) is 6.92. The van der Waals surface area contributed by atoms with E-state index in [9.17, 15) is 13.2 Å². The van der Waals surface area contributed by atoms with E-state index in [1.165, 1.54) is 19.0 Å². The summed E-state index contributed by atoms with van der Waals surface area (Å²) in [5.74, 6) is 0.627. The number of carbonyl (C=O) groups excluding carboxylic acids is 1. The molecule has 0 radical (unpaired) electrons. The highest BCUT2D eigenvalue weighted by Crippen LogP contribution is 2.25. The molecule has 1 fully saturated rings. The number of hydrogen-bond acceptors (Lipinski definition) is 5. The summed E-state index contributed by atoms with van der Waals surface area (Å²) in [5.41, 5.74) is 0.641. The maximum atomic E-state index is 11.9. The number of nitrogens with zero attached hydrogens (tertiary/aromatic N) is 2. The number of methoxy groups -OCH3 is 1. The third-order valence-electron chi connectivity index (χ3n) is 3.21. The third-order valence-corrected chi connectivity index (χ3v) is 4.71. The minimum absolute atomic E-state index is 0.0206. The standard InChI is InChI=1S/C13H19N3O5S/c1-15(2)22(18,19)14-8-12-9-16(13(17)21-12)10-5-4-6-11(7-10)20-3/h4-7,12,14H,8-9H2,1-3H3. The molecule has 1 unspecified atom stereocenters. The first-order chi connectivity index (χ1) is 10.3. The van der Waals surface area contributed by atoms with Gasteiger partial charge in [0.05, 0.1) is 25.9 Å². The van der Waals surface area contributed by atoms with Gasteiger partial charge in [0.15, 0.2) is 0 Å². The number of carbonyl (C=O) groups is 1. The molecule has 1 atom stereocenters. The van der Waals surface area contributed by atoms with E-state index < -0.39 is 22.4 Å². The van der Waals surface area contributed by atoms with Crippen molar-refractivity contribution >= 4 is 22.0 Å². The SMILES string of the molecule is COc1cccc(N2CC(CNS(=O)(=O)N(C)C)OC2=O)c1. The van der Waals surface area contributed by atoms with Crippen molar-refractivity contribution in [1.29, 1.82) is 0 Å². The first-order valence-corrected chi connectivity index (χ1v) is 8.07. The lowest BCUT2D eigenvalue weighted by Crippen LogP contribution is -2.40. The van der Waals surface area contributed by atoms with Crippen LogP contribution in [0.3, 0.4) is 0 Å². The van der Waals surface area contributed by atoms with Crippen LogP contribution in [-0.2, 0) is 14.9 Å². The molecule has 0 saturated carbocycles. The first kappa shape index (κ1) is 16.5. The number of benzene rings is 1. The van der Waals surface area contributed by atoms with Crippen LogP contribution in [0.1, 0.15) is 0 Å². The molecule has 1 saturated heterocycles. The van der Waals surface area contributed by atoms with Crippen LogP contribution in [0.5, 0.6) is 5.75 Å². The molecule has 1 aliphatic rings. The molecule has 0 spiro atoms. The zero-order valence-corrected chi connectivity index (χ0v) is 13.5. The molecule has 122 valence electrons. The molecule has 2 rings (SSSR count). The Bertz CT molecular complexity index is 647. The van der Waals surface area contributed by atoms with Crippen LogP contribution >= 0.6 is 0 Å². The minimum atomic E-state index is -3.54. The molecule has 0 aromatic heterocycles. The monoisotopic (exact) mass is 329 g/mol. The smallest absolute Gasteiger partial charge is 0.414 e. The summed E-state index contributed by atoms with van der Waals surface area (Å²) in [5, 5.41) is 0. The van der Waals surface area contributed by atoms with Gasteiger partial charge >= 0.3 is 6.09 Å². The number of ether oxygens (including phenoxy) is 2. The van der Waals surface area contributed by atoms with Crippen LogP contribution in [0.4, 0.5) is 10.5 Å². The molecular weight excluding hydrogens is 310 g/mol. The lowest BCUT2D eigenvalue weighted by Gasteiger charge is -2.15. The molecule has 1 aliphatic heterocycles. The fourth-order valence-electron chi connectivity index (χ4n) is 1.94. The highest BCUT2D eigenvalue weighted by atomic mass is 32.2. The number of nitrogens with one attached hydrogen (secondary N) is 1. The average Bonchev–Trinajstić information content (AvgIpc) is 2.86. The highest BCUT2D eigenvalue weighted by Gasteiger charge is 2.33. The molecule has 8 nitrogen and oxygen atoms in total. The molecule has 1 aromatic rings. The Morgan fingerprint density at radius 2 is 2.18 bits per heavy atom. The van der Waals surface area contributed by atoms with E-state index in [4.69, 9.17) is 9.47 Å². The van der Waals surface area contributed by atoms with Crippen LogP contribution in [-0.4, -0.2) is 59.2 Å². The van der Waals surface area contributed by atoms with Gasteiger partial charge in [-0.05, 0) is 12.1 Å². The van der Waals surface area contributed by atoms with E-state index in [0.717, 1.165) is 4.31 Å². The Balaban J connectivity index is 2.02. The Morgan fingerprint density at radius 3 is 2.82 bits per heavy atom. The van der Waals surface area contributed by atoms with E-state index in [-0.39, 0.29) is 13.1 Å². The maximum absolute atomic E-state index is 11.9. The molecule has 1 N–H and O–H groups in total. The average molecular weight is 329 g/mol. The van der Waals surface area contributed by atoms with Gasteiger partial charge < -0.3 is 9.47 Å². The van der Waals surface area contributed by atoms with E-state index in [1.807, 2.05) is 0 Å². The summed E-state index contributed by atoms with van der Waals surface area (Å²) < 4.78 is 37.0. The van der Waals surface area contributed by atoms with Gasteiger partial charge in [0.25, 0.3) is 10.2 Å². The largest absolute Gasteiger partial charge is 0.497 e. The predicted molar refractivity (Wildman–Crippen MR) is 81.2 cm³/mol. The zero-order valence-electron chi connectivity index (χ0n) is 12.6. The fourth-order valence-corrected chi connectivity index (χ4v) is 2.60. The first-order valence-electron chi connectivity index (χ1n) is 6.63. The number of rotatable bonds is 6. The predicted octanol–water partition coefficient (Wildman–Crippen LogP) is 0.416. The Labute approximate surface area is 129 Å². The second kappa shape index (κ2) is 6.51. The van der Waals surface area contributed by atoms with Crippen molar-refractivity contribution in [1.82, 2.24) is 9.03 Å². The molecule has 22 heavy (non-hydrogen) atoms. The van der Waals surface area contributed by atoms with Crippen molar-refractivity contribution in [3.63, 3.8) is 0 Å². The van der Waals surface area contributed by atoms with Crippen LogP contribution < -0.4 is 14.4 Å². The van der Waals surface area contributed by atoms with Gasteiger partial charge in [-0.2, -0.15) is 17.4 Å². The van der Waals surface area contributed by atoms with Gasteiger partial charge in [-0.25, -0.2) is 4.79 Å². The summed E-state index contributed by atoms with van der Waals surface area (Å²) in [6.07, 6.45) is -1.06. The number of hydrogen-bond donors (Lipinski definition) is 1. The molecule has 1 aromatic carbocycles. The van der Waals surface area contributed by atoms with Crippen molar-refractivity contribution in [3.8, 4) is 5.75 Å². The Morgan fingerprint density at radius 1 is 1.45 bits per heavy atom. The molecule has 1 amide bonds. The number of anilines is 1. The van der Waals surface area contributed by atoms with Crippen LogP contribution in [0, 0.1) is 0 Å².